The van der Waals surface area contributed by atoms with E-state index in [0.29, 0.717) is 24.0 Å². The van der Waals surface area contributed by atoms with Crippen LogP contribution in [0.1, 0.15) is 50.9 Å². The summed E-state index contributed by atoms with van der Waals surface area (Å²) in [6.45, 7) is 7.68. The molecule has 1 unspecified atom stereocenters. The van der Waals surface area contributed by atoms with Gasteiger partial charge in [-0.25, -0.2) is 9.59 Å². The molecule has 5 nitrogen and oxygen atoms in total. The van der Waals surface area contributed by atoms with Gasteiger partial charge < -0.3 is 9.47 Å². The van der Waals surface area contributed by atoms with Crippen molar-refractivity contribution in [3.63, 3.8) is 0 Å². The zero-order valence-electron chi connectivity index (χ0n) is 15.2. The fourth-order valence-corrected chi connectivity index (χ4v) is 2.58. The van der Waals surface area contributed by atoms with E-state index in [1.807, 2.05) is 33.8 Å². The molecule has 134 valence electrons. The predicted octanol–water partition coefficient (Wildman–Crippen LogP) is 3.73. The summed E-state index contributed by atoms with van der Waals surface area (Å²) in [6, 6.07) is 8.87. The molecule has 0 spiro atoms. The van der Waals surface area contributed by atoms with Gasteiger partial charge in [-0.3, -0.25) is 4.99 Å². The summed E-state index contributed by atoms with van der Waals surface area (Å²) in [5.41, 5.74) is -0.118. The topological polar surface area (TPSA) is 65.0 Å². The minimum atomic E-state index is -0.637. The second-order valence-electron chi connectivity index (χ2n) is 7.24. The van der Waals surface area contributed by atoms with Gasteiger partial charge in [-0.15, -0.1) is 0 Å². The lowest BCUT2D eigenvalue weighted by Crippen LogP contribution is -2.33. The fraction of sp³-hybridized carbons (Fsp3) is 0.450. The Morgan fingerprint density at radius 1 is 1.12 bits per heavy atom. The smallest absolute Gasteiger partial charge is 0.338 e. The van der Waals surface area contributed by atoms with Crippen LogP contribution >= 0.6 is 0 Å². The molecule has 0 bridgehead atoms. The molecule has 5 heteroatoms. The highest BCUT2D eigenvalue weighted by Gasteiger charge is 2.37. The van der Waals surface area contributed by atoms with E-state index in [-0.39, 0.29) is 18.5 Å². The van der Waals surface area contributed by atoms with E-state index >= 15 is 0 Å². The monoisotopic (exact) mass is 343 g/mol. The number of nitrogens with zero attached hydrogens (tertiary/aromatic N) is 1. The number of esters is 2. The van der Waals surface area contributed by atoms with E-state index in [9.17, 15) is 9.59 Å². The van der Waals surface area contributed by atoms with Crippen LogP contribution in [0.3, 0.4) is 0 Å². The van der Waals surface area contributed by atoms with Crippen LogP contribution in [0.2, 0.25) is 0 Å². The molecule has 25 heavy (non-hydrogen) atoms. The Labute approximate surface area is 148 Å². The second kappa shape index (κ2) is 7.64. The van der Waals surface area contributed by atoms with Crippen molar-refractivity contribution in [2.75, 3.05) is 6.61 Å². The van der Waals surface area contributed by atoms with E-state index in [1.165, 1.54) is 0 Å². The van der Waals surface area contributed by atoms with Gasteiger partial charge in [0.15, 0.2) is 0 Å². The molecule has 1 aliphatic rings. The average Bonchev–Trinajstić information content (AvgIpc) is 2.93. The van der Waals surface area contributed by atoms with Gasteiger partial charge in [0.1, 0.15) is 5.60 Å². The first-order valence-corrected chi connectivity index (χ1v) is 8.43. The van der Waals surface area contributed by atoms with E-state index in [1.54, 1.807) is 36.6 Å². The number of aliphatic imine (C=N–C) groups is 1. The third kappa shape index (κ3) is 5.28. The largest absolute Gasteiger partial charge is 0.462 e. The highest BCUT2D eigenvalue weighted by Crippen LogP contribution is 2.32. The zero-order valence-corrected chi connectivity index (χ0v) is 15.2. The Morgan fingerprint density at radius 3 is 2.44 bits per heavy atom. The van der Waals surface area contributed by atoms with Crippen LogP contribution in [-0.4, -0.2) is 35.9 Å². The molecule has 0 fully saturated rings. The molecular weight excluding hydrogens is 318 g/mol. The molecule has 1 heterocycles. The van der Waals surface area contributed by atoms with Crippen LogP contribution < -0.4 is 0 Å². The van der Waals surface area contributed by atoms with Crippen molar-refractivity contribution in [3.8, 4) is 0 Å². The molecule has 2 rings (SSSR count). The van der Waals surface area contributed by atoms with E-state index in [0.717, 1.165) is 0 Å². The van der Waals surface area contributed by atoms with Crippen LogP contribution in [0.15, 0.2) is 47.0 Å². The number of rotatable bonds is 6. The summed E-state index contributed by atoms with van der Waals surface area (Å²) >= 11 is 0. The second-order valence-corrected chi connectivity index (χ2v) is 7.24. The number of benzene rings is 1. The molecule has 0 saturated carbocycles. The lowest BCUT2D eigenvalue weighted by Gasteiger charge is -2.27. The standard InChI is InChI=1S/C20H25NO4/c1-19(2,3)25-18(23)16-11-13-21-20(16,4)12-8-14-24-17(22)15-9-6-5-7-10-15/h5-7,9-11,13H,8,12,14H2,1-4H3. The molecule has 1 aliphatic heterocycles. The van der Waals surface area contributed by atoms with Gasteiger partial charge in [0.2, 0.25) is 0 Å². The number of carbonyl (C=O) groups excluding carboxylic acids is 2. The maximum atomic E-state index is 12.3. The first kappa shape index (κ1) is 18.9. The van der Waals surface area contributed by atoms with Crippen molar-refractivity contribution in [1.82, 2.24) is 0 Å². The SMILES string of the molecule is CC(C)(C)OC(=O)C1=CC=NC1(C)CCCOC(=O)c1ccccc1. The van der Waals surface area contributed by atoms with Gasteiger partial charge in [0.25, 0.3) is 0 Å². The van der Waals surface area contributed by atoms with Crippen molar-refractivity contribution in [1.29, 1.82) is 0 Å². The summed E-state index contributed by atoms with van der Waals surface area (Å²) in [7, 11) is 0. The maximum Gasteiger partial charge on any atom is 0.338 e. The van der Waals surface area contributed by atoms with Gasteiger partial charge in [-0.05, 0) is 58.7 Å². The third-order valence-corrected chi connectivity index (χ3v) is 3.85. The Bertz CT molecular complexity index is 685. The van der Waals surface area contributed by atoms with E-state index < -0.39 is 11.1 Å². The predicted molar refractivity (Wildman–Crippen MR) is 96.8 cm³/mol. The first-order chi connectivity index (χ1) is 11.7. The number of allylic oxidation sites excluding steroid dienone is 1. The Kier molecular flexibility index (Phi) is 5.77. The summed E-state index contributed by atoms with van der Waals surface area (Å²) in [5, 5.41) is 0. The third-order valence-electron chi connectivity index (χ3n) is 3.85. The highest BCUT2D eigenvalue weighted by atomic mass is 16.6. The molecule has 1 aromatic rings. The lowest BCUT2D eigenvalue weighted by atomic mass is 9.89. The number of ether oxygens (including phenoxy) is 2. The summed E-state index contributed by atoms with van der Waals surface area (Å²) in [4.78, 5) is 28.7. The Hall–Kier alpha value is -2.43. The highest BCUT2D eigenvalue weighted by molar-refractivity contribution is 5.98. The minimum absolute atomic E-state index is 0.278. The fourth-order valence-electron chi connectivity index (χ4n) is 2.58. The van der Waals surface area contributed by atoms with E-state index in [2.05, 4.69) is 4.99 Å². The van der Waals surface area contributed by atoms with Gasteiger partial charge in [0, 0.05) is 6.21 Å². The van der Waals surface area contributed by atoms with Crippen molar-refractivity contribution >= 4 is 18.2 Å². The lowest BCUT2D eigenvalue weighted by molar-refractivity contribution is -0.150. The quantitative estimate of drug-likeness (QED) is 0.583. The summed E-state index contributed by atoms with van der Waals surface area (Å²) in [6.07, 6.45) is 4.53. The van der Waals surface area contributed by atoms with Gasteiger partial charge in [-0.1, -0.05) is 18.2 Å². The molecular formula is C20H25NO4. The average molecular weight is 343 g/mol. The van der Waals surface area contributed by atoms with E-state index in [4.69, 9.17) is 9.47 Å². The Morgan fingerprint density at radius 2 is 1.80 bits per heavy atom. The summed E-state index contributed by atoms with van der Waals surface area (Å²) < 4.78 is 10.7. The van der Waals surface area contributed by atoms with Crippen molar-refractivity contribution in [2.45, 2.75) is 51.7 Å². The molecule has 1 atom stereocenters. The van der Waals surface area contributed by atoms with Crippen molar-refractivity contribution in [3.05, 3.63) is 47.5 Å². The molecule has 1 aromatic carbocycles. The van der Waals surface area contributed by atoms with Gasteiger partial charge >= 0.3 is 11.9 Å². The first-order valence-electron chi connectivity index (χ1n) is 8.43. The van der Waals surface area contributed by atoms with Crippen molar-refractivity contribution in [2.24, 2.45) is 4.99 Å². The Balaban J connectivity index is 1.85. The molecule has 0 saturated heterocycles. The van der Waals surface area contributed by atoms with Crippen LogP contribution in [0.4, 0.5) is 0 Å². The van der Waals surface area contributed by atoms with Gasteiger partial charge in [-0.2, -0.15) is 0 Å². The minimum Gasteiger partial charge on any atom is -0.462 e. The number of carbonyl (C=O) groups is 2. The molecule has 0 N–H and O–H groups in total. The van der Waals surface area contributed by atoms with Crippen LogP contribution in [0.5, 0.6) is 0 Å². The normalized spacial score (nSPS) is 19.4. The summed E-state index contributed by atoms with van der Waals surface area (Å²) in [5.74, 6) is -0.697. The maximum absolute atomic E-state index is 12.3. The van der Waals surface area contributed by atoms with Gasteiger partial charge in [0.05, 0.1) is 23.3 Å². The zero-order chi connectivity index (χ0) is 18.5. The molecule has 0 aromatic heterocycles. The van der Waals surface area contributed by atoms with Crippen LogP contribution in [0, 0.1) is 0 Å². The van der Waals surface area contributed by atoms with Crippen LogP contribution in [0.25, 0.3) is 0 Å². The van der Waals surface area contributed by atoms with Crippen molar-refractivity contribution < 1.29 is 19.1 Å². The molecule has 0 amide bonds. The van der Waals surface area contributed by atoms with Crippen LogP contribution in [-0.2, 0) is 14.3 Å². The molecule has 0 aliphatic carbocycles. The number of hydrogen-bond donors (Lipinski definition) is 0. The molecule has 0 radical (unpaired) electrons. The number of hydrogen-bond acceptors (Lipinski definition) is 5.